The number of hydrogen-bond acceptors (Lipinski definition) is 5. The molecule has 0 aliphatic heterocycles. The van der Waals surface area contributed by atoms with E-state index in [-0.39, 0.29) is 30.8 Å². The first kappa shape index (κ1) is 21.2. The van der Waals surface area contributed by atoms with Crippen LogP contribution in [0.25, 0.3) is 0 Å². The zero-order valence-electron chi connectivity index (χ0n) is 13.4. The number of benzene rings is 1. The van der Waals surface area contributed by atoms with Crippen LogP contribution in [-0.2, 0) is 9.53 Å². The van der Waals surface area contributed by atoms with Crippen molar-refractivity contribution < 1.29 is 19.1 Å². The van der Waals surface area contributed by atoms with E-state index < -0.39 is 0 Å². The maximum absolute atomic E-state index is 11.8. The number of carbonyl (C=O) groups excluding carboxylic acids is 2. The zero-order chi connectivity index (χ0) is 16.2. The maximum atomic E-state index is 11.8. The Morgan fingerprint density at radius 2 is 1.65 bits per heavy atom. The van der Waals surface area contributed by atoms with Crippen molar-refractivity contribution in [2.75, 3.05) is 47.0 Å². The van der Waals surface area contributed by atoms with Gasteiger partial charge in [-0.2, -0.15) is 0 Å². The molecule has 0 bridgehead atoms. The monoisotopic (exact) mass is 345 g/mol. The first-order chi connectivity index (χ1) is 10.7. The van der Waals surface area contributed by atoms with Crippen molar-refractivity contribution in [1.29, 1.82) is 0 Å². The lowest BCUT2D eigenvalue weighted by molar-refractivity contribution is -0.120. The summed E-state index contributed by atoms with van der Waals surface area (Å²) >= 11 is 0. The van der Waals surface area contributed by atoms with Crippen LogP contribution in [0, 0.1) is 0 Å². The molecule has 23 heavy (non-hydrogen) atoms. The Balaban J connectivity index is 0.00000484. The molecule has 0 aromatic heterocycles. The van der Waals surface area contributed by atoms with Crippen LogP contribution in [0.2, 0.25) is 0 Å². The van der Waals surface area contributed by atoms with Gasteiger partial charge in [-0.3, -0.25) is 9.59 Å². The Morgan fingerprint density at radius 3 is 2.26 bits per heavy atom. The first-order valence-electron chi connectivity index (χ1n) is 7.06. The van der Waals surface area contributed by atoms with Crippen LogP contribution < -0.4 is 20.7 Å². The van der Waals surface area contributed by atoms with Crippen molar-refractivity contribution >= 4 is 24.2 Å². The lowest BCUT2D eigenvalue weighted by Crippen LogP contribution is -2.39. The molecule has 0 aliphatic carbocycles. The summed E-state index contributed by atoms with van der Waals surface area (Å²) in [7, 11) is 3.18. The number of amides is 2. The zero-order valence-corrected chi connectivity index (χ0v) is 14.2. The van der Waals surface area contributed by atoms with Gasteiger partial charge in [0.15, 0.2) is 0 Å². The second-order valence-electron chi connectivity index (χ2n) is 4.50. The molecule has 7 nitrogen and oxygen atoms in total. The predicted octanol–water partition coefficient (Wildman–Crippen LogP) is 0.199. The fourth-order valence-corrected chi connectivity index (χ4v) is 1.66. The molecule has 0 atom stereocenters. The molecule has 1 rings (SSSR count). The minimum Gasteiger partial charge on any atom is -0.497 e. The summed E-state index contributed by atoms with van der Waals surface area (Å²) in [6, 6.07) is 6.82. The molecule has 3 N–H and O–H groups in total. The van der Waals surface area contributed by atoms with Gasteiger partial charge >= 0.3 is 0 Å². The van der Waals surface area contributed by atoms with E-state index in [2.05, 4.69) is 16.0 Å². The Labute approximate surface area is 142 Å². The number of ether oxygens (including phenoxy) is 2. The van der Waals surface area contributed by atoms with Gasteiger partial charge in [0, 0.05) is 32.3 Å². The fraction of sp³-hybridized carbons (Fsp3) is 0.467. The third-order valence-corrected chi connectivity index (χ3v) is 2.85. The second kappa shape index (κ2) is 12.7. The molecule has 0 radical (unpaired) electrons. The number of carbonyl (C=O) groups is 2. The van der Waals surface area contributed by atoms with Crippen molar-refractivity contribution in [1.82, 2.24) is 16.0 Å². The molecule has 1 aromatic carbocycles. The largest absolute Gasteiger partial charge is 0.497 e. The molecule has 0 fully saturated rings. The quantitative estimate of drug-likeness (QED) is 0.527. The minimum atomic E-state index is -0.185. The lowest BCUT2D eigenvalue weighted by Gasteiger charge is -2.08. The van der Waals surface area contributed by atoms with E-state index in [0.717, 1.165) is 0 Å². The highest BCUT2D eigenvalue weighted by Gasteiger charge is 2.05. The third-order valence-electron chi connectivity index (χ3n) is 2.85. The van der Waals surface area contributed by atoms with Gasteiger partial charge in [0.1, 0.15) is 5.75 Å². The normalized spacial score (nSPS) is 9.65. The average molecular weight is 346 g/mol. The van der Waals surface area contributed by atoms with E-state index in [1.807, 2.05) is 0 Å². The maximum Gasteiger partial charge on any atom is 0.251 e. The van der Waals surface area contributed by atoms with Gasteiger partial charge < -0.3 is 25.4 Å². The molecule has 130 valence electrons. The second-order valence-corrected chi connectivity index (χ2v) is 4.50. The number of halogens is 1. The van der Waals surface area contributed by atoms with Gasteiger partial charge in [0.05, 0.1) is 20.3 Å². The number of nitrogens with one attached hydrogen (secondary N) is 3. The SMILES string of the molecule is COCCNCC(=O)NCCNC(=O)c1ccc(OC)cc1.Cl. The van der Waals surface area contributed by atoms with Gasteiger partial charge in [-0.05, 0) is 24.3 Å². The van der Waals surface area contributed by atoms with Crippen molar-refractivity contribution in [3.05, 3.63) is 29.8 Å². The number of rotatable bonds is 10. The van der Waals surface area contributed by atoms with Gasteiger partial charge in [-0.15, -0.1) is 12.4 Å². The Hall–Kier alpha value is -1.83. The van der Waals surface area contributed by atoms with Crippen LogP contribution in [0.1, 0.15) is 10.4 Å². The summed E-state index contributed by atoms with van der Waals surface area (Å²) in [4.78, 5) is 23.3. The van der Waals surface area contributed by atoms with Crippen molar-refractivity contribution in [3.8, 4) is 5.75 Å². The number of methoxy groups -OCH3 is 2. The molecule has 1 aromatic rings. The van der Waals surface area contributed by atoms with Crippen LogP contribution in [-0.4, -0.2) is 58.8 Å². The molecule has 8 heteroatoms. The summed E-state index contributed by atoms with van der Waals surface area (Å²) < 4.78 is 9.88. The van der Waals surface area contributed by atoms with E-state index in [9.17, 15) is 9.59 Å². The first-order valence-corrected chi connectivity index (χ1v) is 7.06. The highest BCUT2D eigenvalue weighted by Crippen LogP contribution is 2.10. The summed E-state index contributed by atoms with van der Waals surface area (Å²) in [5, 5.41) is 8.38. The van der Waals surface area contributed by atoms with E-state index in [1.165, 1.54) is 0 Å². The highest BCUT2D eigenvalue weighted by atomic mass is 35.5. The van der Waals surface area contributed by atoms with E-state index in [4.69, 9.17) is 9.47 Å². The molecule has 0 spiro atoms. The molecular weight excluding hydrogens is 322 g/mol. The fourth-order valence-electron chi connectivity index (χ4n) is 1.66. The highest BCUT2D eigenvalue weighted by molar-refractivity contribution is 5.94. The third kappa shape index (κ3) is 9.02. The lowest BCUT2D eigenvalue weighted by atomic mass is 10.2. The molecule has 0 heterocycles. The van der Waals surface area contributed by atoms with Crippen LogP contribution in [0.15, 0.2) is 24.3 Å². The van der Waals surface area contributed by atoms with Crippen LogP contribution in [0.4, 0.5) is 0 Å². The Morgan fingerprint density at radius 1 is 1.00 bits per heavy atom. The Bertz CT molecular complexity index is 468. The molecule has 0 aliphatic rings. The minimum absolute atomic E-state index is 0. The van der Waals surface area contributed by atoms with Crippen molar-refractivity contribution in [2.45, 2.75) is 0 Å². The van der Waals surface area contributed by atoms with Crippen molar-refractivity contribution in [2.24, 2.45) is 0 Å². The summed E-state index contributed by atoms with van der Waals surface area (Å²) in [6.45, 7) is 2.17. The average Bonchev–Trinajstić information content (AvgIpc) is 2.55. The van der Waals surface area contributed by atoms with E-state index >= 15 is 0 Å². The topological polar surface area (TPSA) is 88.7 Å². The van der Waals surface area contributed by atoms with Gasteiger partial charge in [-0.25, -0.2) is 0 Å². The predicted molar refractivity (Wildman–Crippen MR) is 90.3 cm³/mol. The standard InChI is InChI=1S/C15H23N3O4.ClH/c1-21-10-9-16-11-14(19)17-7-8-18-15(20)12-3-5-13(22-2)6-4-12;/h3-6,16H,7-11H2,1-2H3,(H,17,19)(H,18,20);1H. The summed E-state index contributed by atoms with van der Waals surface area (Å²) in [5.74, 6) is 0.398. The molecule has 0 saturated heterocycles. The summed E-state index contributed by atoms with van der Waals surface area (Å²) in [6.07, 6.45) is 0. The van der Waals surface area contributed by atoms with Crippen LogP contribution in [0.5, 0.6) is 5.75 Å². The van der Waals surface area contributed by atoms with E-state index in [0.29, 0.717) is 37.6 Å². The van der Waals surface area contributed by atoms with Gasteiger partial charge in [-0.1, -0.05) is 0 Å². The van der Waals surface area contributed by atoms with E-state index in [1.54, 1.807) is 38.5 Å². The van der Waals surface area contributed by atoms with Crippen LogP contribution >= 0.6 is 12.4 Å². The van der Waals surface area contributed by atoms with Gasteiger partial charge in [0.2, 0.25) is 5.91 Å². The van der Waals surface area contributed by atoms with Crippen LogP contribution in [0.3, 0.4) is 0 Å². The molecule has 2 amide bonds. The molecular formula is C15H24ClN3O4. The summed E-state index contributed by atoms with van der Waals surface area (Å²) in [5.41, 5.74) is 0.549. The molecule has 0 saturated carbocycles. The Kier molecular flexibility index (Phi) is 11.7. The van der Waals surface area contributed by atoms with Crippen molar-refractivity contribution in [3.63, 3.8) is 0 Å². The van der Waals surface area contributed by atoms with Gasteiger partial charge in [0.25, 0.3) is 5.91 Å². The smallest absolute Gasteiger partial charge is 0.251 e. The molecule has 0 unspecified atom stereocenters. The number of hydrogen-bond donors (Lipinski definition) is 3.